The molecule has 0 unspecified atom stereocenters. The fourth-order valence-corrected chi connectivity index (χ4v) is 3.49. The Morgan fingerprint density at radius 3 is 2.56 bits per heavy atom. The van der Waals surface area contributed by atoms with Crippen LogP contribution in [0.25, 0.3) is 0 Å². The molecule has 1 saturated carbocycles. The minimum absolute atomic E-state index is 0.299. The Morgan fingerprint density at radius 1 is 1.24 bits per heavy atom. The van der Waals surface area contributed by atoms with Gasteiger partial charge in [0.05, 0.1) is 0 Å². The molecule has 1 aromatic carbocycles. The summed E-state index contributed by atoms with van der Waals surface area (Å²) >= 11 is 0. The van der Waals surface area contributed by atoms with Gasteiger partial charge in [0, 0.05) is 53.2 Å². The van der Waals surface area contributed by atoms with Crippen LogP contribution in [0.3, 0.4) is 0 Å². The van der Waals surface area contributed by atoms with Crippen molar-refractivity contribution >= 4 is 5.96 Å². The smallest absolute Gasteiger partial charge is 0.193 e. The van der Waals surface area contributed by atoms with Crippen molar-refractivity contribution in [2.24, 2.45) is 10.4 Å². The zero-order valence-electron chi connectivity index (χ0n) is 15.5. The molecule has 1 saturated heterocycles. The first-order valence-electron chi connectivity index (χ1n) is 9.41. The summed E-state index contributed by atoms with van der Waals surface area (Å²) in [6, 6.07) is 10.1. The average Bonchev–Trinajstić information content (AvgIpc) is 3.43. The highest BCUT2D eigenvalue weighted by atomic mass is 16.5. The lowest BCUT2D eigenvalue weighted by molar-refractivity contribution is 0.129. The van der Waals surface area contributed by atoms with E-state index in [0.29, 0.717) is 11.5 Å². The number of guanidine groups is 1. The fraction of sp³-hybridized carbons (Fsp3) is 0.650. The third kappa shape index (κ3) is 5.11. The van der Waals surface area contributed by atoms with Gasteiger partial charge in [-0.25, -0.2) is 0 Å². The van der Waals surface area contributed by atoms with E-state index in [4.69, 9.17) is 9.47 Å². The summed E-state index contributed by atoms with van der Waals surface area (Å²) in [7, 11) is 3.66. The predicted octanol–water partition coefficient (Wildman–Crippen LogP) is 2.92. The molecule has 25 heavy (non-hydrogen) atoms. The Kier molecular flexibility index (Phi) is 6.19. The molecule has 0 atom stereocenters. The number of para-hydroxylation sites is 1. The monoisotopic (exact) mass is 345 g/mol. The molecular weight excluding hydrogens is 314 g/mol. The molecule has 1 heterocycles. The first kappa shape index (κ1) is 18.1. The SMILES string of the molecule is CN=C(NCC1(CCOC)CC1)N1CCC(Oc2ccccc2)CC1. The number of methoxy groups -OCH3 is 1. The second-order valence-corrected chi connectivity index (χ2v) is 7.26. The minimum atomic E-state index is 0.299. The highest BCUT2D eigenvalue weighted by Gasteiger charge is 2.42. The number of hydrogen-bond donors (Lipinski definition) is 1. The van der Waals surface area contributed by atoms with Gasteiger partial charge in [-0.15, -0.1) is 0 Å². The van der Waals surface area contributed by atoms with Gasteiger partial charge in [-0.3, -0.25) is 4.99 Å². The molecule has 1 aliphatic carbocycles. The second kappa shape index (κ2) is 8.56. The van der Waals surface area contributed by atoms with Gasteiger partial charge in [-0.1, -0.05) is 18.2 Å². The molecule has 2 fully saturated rings. The molecule has 2 aliphatic rings. The predicted molar refractivity (Wildman–Crippen MR) is 101 cm³/mol. The standard InChI is InChI=1S/C20H31N3O2/c1-21-19(22-16-20(10-11-20)12-15-24-2)23-13-8-18(9-14-23)25-17-6-4-3-5-7-17/h3-7,18H,8-16H2,1-2H3,(H,21,22). The number of hydrogen-bond acceptors (Lipinski definition) is 3. The summed E-state index contributed by atoms with van der Waals surface area (Å²) in [5.41, 5.74) is 0.431. The number of nitrogens with one attached hydrogen (secondary N) is 1. The molecule has 5 nitrogen and oxygen atoms in total. The van der Waals surface area contributed by atoms with Gasteiger partial charge in [0.25, 0.3) is 0 Å². The van der Waals surface area contributed by atoms with Crippen molar-refractivity contribution in [2.45, 2.75) is 38.2 Å². The molecule has 1 N–H and O–H groups in total. The van der Waals surface area contributed by atoms with E-state index in [9.17, 15) is 0 Å². The van der Waals surface area contributed by atoms with E-state index >= 15 is 0 Å². The maximum Gasteiger partial charge on any atom is 0.193 e. The fourth-order valence-electron chi connectivity index (χ4n) is 3.49. The van der Waals surface area contributed by atoms with Gasteiger partial charge >= 0.3 is 0 Å². The lowest BCUT2D eigenvalue weighted by atomic mass is 10.0. The summed E-state index contributed by atoms with van der Waals surface area (Å²) in [6.07, 6.45) is 6.10. The Morgan fingerprint density at radius 2 is 1.96 bits per heavy atom. The van der Waals surface area contributed by atoms with E-state index in [-0.39, 0.29) is 0 Å². The van der Waals surface area contributed by atoms with E-state index in [1.165, 1.54) is 12.8 Å². The maximum atomic E-state index is 6.08. The third-order valence-electron chi connectivity index (χ3n) is 5.41. The molecule has 1 aliphatic heterocycles. The summed E-state index contributed by atoms with van der Waals surface area (Å²) in [5.74, 6) is 2.00. The van der Waals surface area contributed by atoms with Crippen molar-refractivity contribution in [1.82, 2.24) is 10.2 Å². The van der Waals surface area contributed by atoms with Crippen molar-refractivity contribution in [3.63, 3.8) is 0 Å². The van der Waals surface area contributed by atoms with Crippen molar-refractivity contribution in [2.75, 3.05) is 40.4 Å². The molecule has 0 amide bonds. The van der Waals surface area contributed by atoms with E-state index in [2.05, 4.69) is 15.2 Å². The van der Waals surface area contributed by atoms with Gasteiger partial charge in [0.1, 0.15) is 11.9 Å². The van der Waals surface area contributed by atoms with Crippen molar-refractivity contribution < 1.29 is 9.47 Å². The van der Waals surface area contributed by atoms with Gasteiger partial charge < -0.3 is 19.7 Å². The molecule has 5 heteroatoms. The number of benzene rings is 1. The highest BCUT2D eigenvalue weighted by Crippen LogP contribution is 2.48. The van der Waals surface area contributed by atoms with E-state index < -0.39 is 0 Å². The first-order chi connectivity index (χ1) is 12.2. The number of nitrogens with zero attached hydrogens (tertiary/aromatic N) is 2. The average molecular weight is 345 g/mol. The minimum Gasteiger partial charge on any atom is -0.490 e. The Hall–Kier alpha value is -1.75. The van der Waals surface area contributed by atoms with Crippen LogP contribution in [-0.2, 0) is 4.74 Å². The molecule has 0 spiro atoms. The summed E-state index contributed by atoms with van der Waals surface area (Å²) in [6.45, 7) is 3.83. The van der Waals surface area contributed by atoms with Gasteiger partial charge in [0.15, 0.2) is 5.96 Å². The Balaban J connectivity index is 1.43. The van der Waals surface area contributed by atoms with Gasteiger partial charge in [0.2, 0.25) is 0 Å². The molecule has 0 aromatic heterocycles. The van der Waals surface area contributed by atoms with Gasteiger partial charge in [-0.05, 0) is 36.8 Å². The van der Waals surface area contributed by atoms with Crippen LogP contribution in [0.2, 0.25) is 0 Å². The zero-order valence-corrected chi connectivity index (χ0v) is 15.5. The molecule has 0 radical (unpaired) electrons. The molecule has 1 aromatic rings. The lowest BCUT2D eigenvalue weighted by Gasteiger charge is -2.34. The van der Waals surface area contributed by atoms with Gasteiger partial charge in [-0.2, -0.15) is 0 Å². The number of ether oxygens (including phenoxy) is 2. The van der Waals surface area contributed by atoms with Crippen LogP contribution in [0.5, 0.6) is 5.75 Å². The topological polar surface area (TPSA) is 46.1 Å². The summed E-state index contributed by atoms with van der Waals surface area (Å²) < 4.78 is 11.3. The Labute approximate surface area is 151 Å². The second-order valence-electron chi connectivity index (χ2n) is 7.26. The van der Waals surface area contributed by atoms with Crippen LogP contribution >= 0.6 is 0 Å². The Bertz CT molecular complexity index is 549. The van der Waals surface area contributed by atoms with Crippen molar-refractivity contribution in [3.05, 3.63) is 30.3 Å². The van der Waals surface area contributed by atoms with Crippen LogP contribution in [-0.4, -0.2) is 57.4 Å². The highest BCUT2D eigenvalue weighted by molar-refractivity contribution is 5.80. The molecular formula is C20H31N3O2. The molecule has 0 bridgehead atoms. The van der Waals surface area contributed by atoms with Crippen LogP contribution < -0.4 is 10.1 Å². The van der Waals surface area contributed by atoms with Crippen LogP contribution in [0.15, 0.2) is 35.3 Å². The van der Waals surface area contributed by atoms with E-state index in [1.54, 1.807) is 7.11 Å². The van der Waals surface area contributed by atoms with E-state index in [0.717, 1.165) is 57.2 Å². The summed E-state index contributed by atoms with van der Waals surface area (Å²) in [4.78, 5) is 6.85. The zero-order chi connectivity index (χ0) is 17.5. The lowest BCUT2D eigenvalue weighted by Crippen LogP contribution is -2.48. The quantitative estimate of drug-likeness (QED) is 0.610. The number of piperidine rings is 1. The first-order valence-corrected chi connectivity index (χ1v) is 9.41. The maximum absolute atomic E-state index is 6.08. The molecule has 138 valence electrons. The summed E-state index contributed by atoms with van der Waals surface area (Å²) in [5, 5.41) is 3.59. The van der Waals surface area contributed by atoms with Crippen molar-refractivity contribution in [3.8, 4) is 5.75 Å². The third-order valence-corrected chi connectivity index (χ3v) is 5.41. The van der Waals surface area contributed by atoms with Crippen molar-refractivity contribution in [1.29, 1.82) is 0 Å². The molecule has 3 rings (SSSR count). The largest absolute Gasteiger partial charge is 0.490 e. The van der Waals surface area contributed by atoms with Crippen LogP contribution in [0.4, 0.5) is 0 Å². The van der Waals surface area contributed by atoms with Crippen LogP contribution in [0.1, 0.15) is 32.1 Å². The number of aliphatic imine (C=N–C) groups is 1. The van der Waals surface area contributed by atoms with Crippen LogP contribution in [0, 0.1) is 5.41 Å². The normalized spacial score (nSPS) is 20.4. The van der Waals surface area contributed by atoms with E-state index in [1.807, 2.05) is 37.4 Å². The number of rotatable bonds is 7. The number of likely N-dealkylation sites (tertiary alicyclic amines) is 1.